The van der Waals surface area contributed by atoms with Gasteiger partial charge in [0.1, 0.15) is 8.68 Å². The van der Waals surface area contributed by atoms with Gasteiger partial charge in [0, 0.05) is 0 Å². The van der Waals surface area contributed by atoms with E-state index in [0.29, 0.717) is 8.68 Å². The Balaban J connectivity index is 3.04. The molecule has 1 aromatic rings. The van der Waals surface area contributed by atoms with Crippen LogP contribution in [-0.2, 0) is 0 Å². The lowest BCUT2D eigenvalue weighted by atomic mass is 11.0. The summed E-state index contributed by atoms with van der Waals surface area (Å²) < 4.78 is 1.40. The molecule has 1 aromatic heterocycles. The Bertz CT molecular complexity index is 145. The van der Waals surface area contributed by atoms with Gasteiger partial charge in [-0.05, 0) is 0 Å². The van der Waals surface area contributed by atoms with E-state index in [0.717, 1.165) is 0 Å². The predicted octanol–water partition coefficient (Wildman–Crippen LogP) is 2.09. The van der Waals surface area contributed by atoms with Crippen molar-refractivity contribution in [1.29, 1.82) is 0 Å². The molecule has 0 amide bonds. The van der Waals surface area contributed by atoms with E-state index >= 15 is 0 Å². The van der Waals surface area contributed by atoms with Crippen molar-refractivity contribution in [1.82, 2.24) is 4.98 Å². The number of thiazole rings is 1. The average molecular weight is 152 g/mol. The van der Waals surface area contributed by atoms with Gasteiger partial charge in [-0.25, -0.2) is 4.98 Å². The maximum absolute atomic E-state index is 5.47. The fraction of sp³-hybridized carbons (Fsp3) is 0. The van der Waals surface area contributed by atoms with Crippen molar-refractivity contribution in [2.75, 3.05) is 0 Å². The second kappa shape index (κ2) is 2.03. The van der Waals surface area contributed by atoms with E-state index in [1.807, 2.05) is 0 Å². The topological polar surface area (TPSA) is 12.9 Å². The minimum absolute atomic E-state index is 0.685. The third-order valence-electron chi connectivity index (χ3n) is 0.465. The van der Waals surface area contributed by atoms with Gasteiger partial charge in [0.05, 0.1) is 6.20 Å². The molecule has 38 valence electrons. The zero-order chi connectivity index (χ0) is 5.28. The Morgan fingerprint density at radius 2 is 2.57 bits per heavy atom. The quantitative estimate of drug-likeness (QED) is 0.561. The van der Waals surface area contributed by atoms with Gasteiger partial charge in [0.2, 0.25) is 0 Å². The molecule has 0 saturated heterocycles. The summed E-state index contributed by atoms with van der Waals surface area (Å²) in [4.78, 5) is 3.77. The lowest BCUT2D eigenvalue weighted by Gasteiger charge is -1.65. The summed E-state index contributed by atoms with van der Waals surface area (Å²) in [5.41, 5.74) is 0. The van der Waals surface area contributed by atoms with Crippen molar-refractivity contribution < 1.29 is 0 Å². The summed E-state index contributed by atoms with van der Waals surface area (Å²) in [6, 6.07) is 0. The van der Waals surface area contributed by atoms with Crippen LogP contribution in [0.15, 0.2) is 10.5 Å². The van der Waals surface area contributed by atoms with Crippen molar-refractivity contribution in [2.24, 2.45) is 0 Å². The molecule has 0 unspecified atom stereocenters. The Labute approximate surface area is 55.7 Å². The third-order valence-corrected chi connectivity index (χ3v) is 1.77. The smallest absolute Gasteiger partial charge is 0.148 e. The molecule has 0 aliphatic carbocycles. The number of aromatic nitrogens is 1. The van der Waals surface area contributed by atoms with Crippen LogP contribution in [-0.4, -0.2) is 4.98 Å². The molecule has 1 heterocycles. The molecular weight excluding hydrogens is 150 g/mol. The van der Waals surface area contributed by atoms with Gasteiger partial charge in [-0.15, -0.1) is 12.6 Å². The summed E-state index contributed by atoms with van der Waals surface area (Å²) in [5.74, 6) is 0. The molecule has 1 rings (SSSR count). The van der Waals surface area contributed by atoms with Crippen molar-refractivity contribution in [3.8, 4) is 0 Å². The molecule has 0 bridgehead atoms. The van der Waals surface area contributed by atoms with Crippen LogP contribution in [0.3, 0.4) is 0 Å². The first-order chi connectivity index (χ1) is 3.29. The number of rotatable bonds is 0. The van der Waals surface area contributed by atoms with E-state index in [1.54, 1.807) is 6.20 Å². The first-order valence-electron chi connectivity index (χ1n) is 1.59. The highest BCUT2D eigenvalue weighted by Gasteiger charge is 1.89. The highest BCUT2D eigenvalue weighted by atomic mass is 35.5. The minimum Gasteiger partial charge on any atom is -0.237 e. The van der Waals surface area contributed by atoms with Gasteiger partial charge < -0.3 is 0 Å². The van der Waals surface area contributed by atoms with Gasteiger partial charge in [-0.2, -0.15) is 0 Å². The maximum Gasteiger partial charge on any atom is 0.148 e. The van der Waals surface area contributed by atoms with Crippen LogP contribution in [0.2, 0.25) is 4.34 Å². The number of hydrogen-bond acceptors (Lipinski definition) is 3. The summed E-state index contributed by atoms with van der Waals surface area (Å²) in [5, 5.41) is 0. The molecular formula is C3H2ClNS2. The molecule has 1 nitrogen and oxygen atoms in total. The van der Waals surface area contributed by atoms with E-state index in [1.165, 1.54) is 11.3 Å². The van der Waals surface area contributed by atoms with E-state index < -0.39 is 0 Å². The van der Waals surface area contributed by atoms with Crippen molar-refractivity contribution in [3.63, 3.8) is 0 Å². The first kappa shape index (κ1) is 5.41. The van der Waals surface area contributed by atoms with Gasteiger partial charge in [-0.1, -0.05) is 22.9 Å². The molecule has 0 radical (unpaired) electrons. The standard InChI is InChI=1S/C3H2ClNS2/c4-2-1-5-3(6)7-2/h1H,(H,5,6). The lowest BCUT2D eigenvalue weighted by Crippen LogP contribution is -1.49. The highest BCUT2D eigenvalue weighted by Crippen LogP contribution is 2.20. The van der Waals surface area contributed by atoms with Crippen LogP contribution in [0, 0.1) is 0 Å². The summed E-state index contributed by atoms with van der Waals surface area (Å²) in [6.45, 7) is 0. The largest absolute Gasteiger partial charge is 0.237 e. The molecule has 0 saturated carbocycles. The Hall–Kier alpha value is 0.270. The van der Waals surface area contributed by atoms with Gasteiger partial charge in [-0.3, -0.25) is 0 Å². The number of nitrogens with zero attached hydrogens (tertiary/aromatic N) is 1. The zero-order valence-corrected chi connectivity index (χ0v) is 5.72. The van der Waals surface area contributed by atoms with Crippen LogP contribution in [0.4, 0.5) is 0 Å². The SMILES string of the molecule is Sc1ncc(Cl)s1. The number of thiol groups is 1. The lowest BCUT2D eigenvalue weighted by molar-refractivity contribution is 1.26. The minimum atomic E-state index is 0.685. The van der Waals surface area contributed by atoms with Crippen LogP contribution < -0.4 is 0 Å². The van der Waals surface area contributed by atoms with Crippen LogP contribution >= 0.6 is 35.6 Å². The van der Waals surface area contributed by atoms with Gasteiger partial charge in [0.15, 0.2) is 0 Å². The average Bonchev–Trinajstić information content (AvgIpc) is 1.87. The predicted molar refractivity (Wildman–Crippen MR) is 34.4 cm³/mol. The summed E-state index contributed by atoms with van der Waals surface area (Å²) in [7, 11) is 0. The van der Waals surface area contributed by atoms with E-state index in [2.05, 4.69) is 17.6 Å². The van der Waals surface area contributed by atoms with Gasteiger partial charge >= 0.3 is 0 Å². The Morgan fingerprint density at radius 1 is 1.86 bits per heavy atom. The van der Waals surface area contributed by atoms with Crippen molar-refractivity contribution >= 4 is 35.6 Å². The fourth-order valence-corrected chi connectivity index (χ4v) is 1.41. The van der Waals surface area contributed by atoms with E-state index in [9.17, 15) is 0 Å². The number of hydrogen-bond donors (Lipinski definition) is 1. The second-order valence-electron chi connectivity index (χ2n) is 0.947. The van der Waals surface area contributed by atoms with E-state index in [-0.39, 0.29) is 0 Å². The monoisotopic (exact) mass is 151 g/mol. The zero-order valence-electron chi connectivity index (χ0n) is 3.26. The van der Waals surface area contributed by atoms with Crippen LogP contribution in [0.5, 0.6) is 0 Å². The third kappa shape index (κ3) is 1.33. The Kier molecular flexibility index (Phi) is 1.57. The molecule has 0 atom stereocenters. The summed E-state index contributed by atoms with van der Waals surface area (Å²) >= 11 is 10.8. The molecule has 0 aromatic carbocycles. The van der Waals surface area contributed by atoms with Gasteiger partial charge in [0.25, 0.3) is 0 Å². The normalized spacial score (nSPS) is 9.43. The summed E-state index contributed by atoms with van der Waals surface area (Å²) in [6.07, 6.45) is 1.58. The molecule has 0 aliphatic rings. The fourth-order valence-electron chi connectivity index (χ4n) is 0.246. The number of halogens is 1. The van der Waals surface area contributed by atoms with Crippen molar-refractivity contribution in [2.45, 2.75) is 4.34 Å². The first-order valence-corrected chi connectivity index (χ1v) is 3.23. The molecule has 0 N–H and O–H groups in total. The molecule has 7 heavy (non-hydrogen) atoms. The van der Waals surface area contributed by atoms with Crippen LogP contribution in [0.25, 0.3) is 0 Å². The molecule has 0 fully saturated rings. The highest BCUT2D eigenvalue weighted by molar-refractivity contribution is 7.82. The second-order valence-corrected chi connectivity index (χ2v) is 3.34. The van der Waals surface area contributed by atoms with Crippen LogP contribution in [0.1, 0.15) is 0 Å². The molecule has 0 aliphatic heterocycles. The van der Waals surface area contributed by atoms with Crippen molar-refractivity contribution in [3.05, 3.63) is 10.5 Å². The Morgan fingerprint density at radius 3 is 2.71 bits per heavy atom. The van der Waals surface area contributed by atoms with E-state index in [4.69, 9.17) is 11.6 Å². The molecule has 0 spiro atoms. The maximum atomic E-state index is 5.47. The molecule has 4 heteroatoms.